The van der Waals surface area contributed by atoms with Gasteiger partial charge in [-0.1, -0.05) is 25.1 Å². The molecule has 0 spiro atoms. The first-order chi connectivity index (χ1) is 9.59. The smallest absolute Gasteiger partial charge is 0.243 e. The van der Waals surface area contributed by atoms with E-state index in [9.17, 15) is 8.42 Å². The van der Waals surface area contributed by atoms with Crippen LogP contribution < -0.4 is 10.9 Å². The van der Waals surface area contributed by atoms with Gasteiger partial charge in [0.1, 0.15) is 0 Å². The highest BCUT2D eigenvalue weighted by Gasteiger charge is 2.39. The van der Waals surface area contributed by atoms with E-state index in [0.717, 1.165) is 13.0 Å². The second-order valence-corrected chi connectivity index (χ2v) is 7.69. The standard InChI is InChI=1S/C14H21N3O2S/c1-11-9-15-16-14(11)12-7-8-17(10-12)20(18,19)13-5-3-2-4-6-13/h2-6,11-12,14-16H,7-10H2,1H3. The number of benzene rings is 1. The van der Waals surface area contributed by atoms with E-state index in [2.05, 4.69) is 17.8 Å². The zero-order chi connectivity index (χ0) is 14.2. The Hall–Kier alpha value is -0.950. The van der Waals surface area contributed by atoms with Crippen molar-refractivity contribution in [3.05, 3.63) is 30.3 Å². The lowest BCUT2D eigenvalue weighted by Gasteiger charge is -2.22. The molecule has 1 aromatic carbocycles. The number of rotatable bonds is 3. The van der Waals surface area contributed by atoms with Gasteiger partial charge in [0.25, 0.3) is 0 Å². The minimum absolute atomic E-state index is 0.367. The zero-order valence-corrected chi connectivity index (χ0v) is 12.4. The number of nitrogens with zero attached hydrogens (tertiary/aromatic N) is 1. The van der Waals surface area contributed by atoms with Gasteiger partial charge in [-0.05, 0) is 30.4 Å². The molecule has 110 valence electrons. The van der Waals surface area contributed by atoms with Crippen LogP contribution in [0.15, 0.2) is 35.2 Å². The Balaban J connectivity index is 1.74. The van der Waals surface area contributed by atoms with Crippen molar-refractivity contribution in [2.24, 2.45) is 11.8 Å². The highest BCUT2D eigenvalue weighted by atomic mass is 32.2. The molecular formula is C14H21N3O2S. The van der Waals surface area contributed by atoms with Crippen LogP contribution in [-0.2, 0) is 10.0 Å². The quantitative estimate of drug-likeness (QED) is 0.866. The molecule has 0 bridgehead atoms. The maximum atomic E-state index is 12.6. The Kier molecular flexibility index (Phi) is 3.81. The summed E-state index contributed by atoms with van der Waals surface area (Å²) in [5.74, 6) is 0.929. The van der Waals surface area contributed by atoms with E-state index >= 15 is 0 Å². The first kappa shape index (κ1) is 14.0. The highest BCUT2D eigenvalue weighted by Crippen LogP contribution is 2.29. The molecule has 0 saturated carbocycles. The van der Waals surface area contributed by atoms with Crippen LogP contribution in [0.2, 0.25) is 0 Å². The molecule has 1 aromatic rings. The molecule has 3 atom stereocenters. The summed E-state index contributed by atoms with van der Waals surface area (Å²) in [4.78, 5) is 0.395. The lowest BCUT2D eigenvalue weighted by molar-refractivity contribution is 0.336. The number of hydrogen-bond acceptors (Lipinski definition) is 4. The third-order valence-corrected chi connectivity index (χ3v) is 6.26. The van der Waals surface area contributed by atoms with Gasteiger partial charge in [0.05, 0.1) is 4.90 Å². The van der Waals surface area contributed by atoms with Gasteiger partial charge in [0.15, 0.2) is 0 Å². The summed E-state index contributed by atoms with van der Waals surface area (Å²) in [5, 5.41) is 0. The lowest BCUT2D eigenvalue weighted by Crippen LogP contribution is -2.39. The van der Waals surface area contributed by atoms with Gasteiger partial charge in [0, 0.05) is 25.7 Å². The van der Waals surface area contributed by atoms with Crippen LogP contribution in [-0.4, -0.2) is 38.4 Å². The van der Waals surface area contributed by atoms with Gasteiger partial charge >= 0.3 is 0 Å². The average molecular weight is 295 g/mol. The fourth-order valence-electron chi connectivity index (χ4n) is 3.20. The van der Waals surface area contributed by atoms with E-state index in [1.54, 1.807) is 28.6 Å². The first-order valence-electron chi connectivity index (χ1n) is 7.12. The molecular weight excluding hydrogens is 274 g/mol. The van der Waals surface area contributed by atoms with E-state index in [-0.39, 0.29) is 0 Å². The summed E-state index contributed by atoms with van der Waals surface area (Å²) in [6, 6.07) is 9.07. The van der Waals surface area contributed by atoms with Crippen molar-refractivity contribution in [2.45, 2.75) is 24.3 Å². The molecule has 2 saturated heterocycles. The van der Waals surface area contributed by atoms with Crippen LogP contribution >= 0.6 is 0 Å². The molecule has 2 aliphatic heterocycles. The molecule has 3 unspecified atom stereocenters. The van der Waals surface area contributed by atoms with Gasteiger partial charge in [-0.25, -0.2) is 8.42 Å². The highest BCUT2D eigenvalue weighted by molar-refractivity contribution is 7.89. The number of sulfonamides is 1. The predicted molar refractivity (Wildman–Crippen MR) is 77.4 cm³/mol. The van der Waals surface area contributed by atoms with Crippen molar-refractivity contribution in [1.29, 1.82) is 0 Å². The number of hydrazine groups is 1. The molecule has 0 amide bonds. The molecule has 2 heterocycles. The van der Waals surface area contributed by atoms with Gasteiger partial charge < -0.3 is 0 Å². The fraction of sp³-hybridized carbons (Fsp3) is 0.571. The Bertz CT molecular complexity index is 561. The van der Waals surface area contributed by atoms with E-state index in [1.807, 2.05) is 6.07 Å². The molecule has 0 aliphatic carbocycles. The largest absolute Gasteiger partial charge is 0.257 e. The lowest BCUT2D eigenvalue weighted by atomic mass is 9.90. The minimum Gasteiger partial charge on any atom is -0.257 e. The number of hydrogen-bond donors (Lipinski definition) is 2. The third-order valence-electron chi connectivity index (χ3n) is 4.38. The van der Waals surface area contributed by atoms with Crippen molar-refractivity contribution in [3.8, 4) is 0 Å². The van der Waals surface area contributed by atoms with Crippen LogP contribution in [0, 0.1) is 11.8 Å². The zero-order valence-electron chi connectivity index (χ0n) is 11.6. The van der Waals surface area contributed by atoms with Crippen molar-refractivity contribution in [2.75, 3.05) is 19.6 Å². The summed E-state index contributed by atoms with van der Waals surface area (Å²) >= 11 is 0. The van der Waals surface area contributed by atoms with Crippen molar-refractivity contribution in [3.63, 3.8) is 0 Å². The Morgan fingerprint density at radius 3 is 2.65 bits per heavy atom. The summed E-state index contributed by atoms with van der Waals surface area (Å²) in [5.41, 5.74) is 6.45. The SMILES string of the molecule is CC1CNNC1C1CCN(S(=O)(=O)c2ccccc2)C1. The van der Waals surface area contributed by atoms with Gasteiger partial charge in [-0.2, -0.15) is 4.31 Å². The van der Waals surface area contributed by atoms with Crippen molar-refractivity contribution < 1.29 is 8.42 Å². The van der Waals surface area contributed by atoms with Gasteiger partial charge in [0.2, 0.25) is 10.0 Å². The summed E-state index contributed by atoms with van der Waals surface area (Å²) < 4.78 is 26.8. The maximum absolute atomic E-state index is 12.6. The molecule has 20 heavy (non-hydrogen) atoms. The second-order valence-electron chi connectivity index (χ2n) is 5.75. The molecule has 0 radical (unpaired) electrons. The Morgan fingerprint density at radius 2 is 2.00 bits per heavy atom. The van der Waals surface area contributed by atoms with E-state index in [1.165, 1.54) is 0 Å². The van der Waals surface area contributed by atoms with Crippen LogP contribution in [0.1, 0.15) is 13.3 Å². The molecule has 5 nitrogen and oxygen atoms in total. The fourth-order valence-corrected chi connectivity index (χ4v) is 4.73. The predicted octanol–water partition coefficient (Wildman–Crippen LogP) is 0.810. The maximum Gasteiger partial charge on any atom is 0.243 e. The second kappa shape index (κ2) is 5.44. The summed E-state index contributed by atoms with van der Waals surface area (Å²) in [6.07, 6.45) is 0.926. The third kappa shape index (κ3) is 2.48. The molecule has 2 fully saturated rings. The topological polar surface area (TPSA) is 61.4 Å². The molecule has 2 aliphatic rings. The monoisotopic (exact) mass is 295 g/mol. The summed E-state index contributed by atoms with van der Waals surface area (Å²) in [6.45, 7) is 4.38. The van der Waals surface area contributed by atoms with Crippen LogP contribution in [0.3, 0.4) is 0 Å². The van der Waals surface area contributed by atoms with E-state index in [0.29, 0.717) is 35.9 Å². The normalized spacial score (nSPS) is 31.8. The number of nitrogens with one attached hydrogen (secondary N) is 2. The summed E-state index contributed by atoms with van der Waals surface area (Å²) in [7, 11) is -3.33. The average Bonchev–Trinajstić information content (AvgIpc) is 3.08. The van der Waals surface area contributed by atoms with Crippen LogP contribution in [0.4, 0.5) is 0 Å². The molecule has 2 N–H and O–H groups in total. The molecule has 0 aromatic heterocycles. The van der Waals surface area contributed by atoms with Crippen molar-refractivity contribution >= 4 is 10.0 Å². The molecule has 6 heteroatoms. The van der Waals surface area contributed by atoms with E-state index in [4.69, 9.17) is 0 Å². The molecule has 3 rings (SSSR count). The Morgan fingerprint density at radius 1 is 1.25 bits per heavy atom. The Labute approximate surface area is 120 Å². The van der Waals surface area contributed by atoms with Crippen LogP contribution in [0.5, 0.6) is 0 Å². The first-order valence-corrected chi connectivity index (χ1v) is 8.56. The van der Waals surface area contributed by atoms with Gasteiger partial charge in [-0.15, -0.1) is 0 Å². The van der Waals surface area contributed by atoms with E-state index < -0.39 is 10.0 Å². The van der Waals surface area contributed by atoms with Gasteiger partial charge in [-0.3, -0.25) is 10.9 Å². The minimum atomic E-state index is -3.33. The van der Waals surface area contributed by atoms with Crippen LogP contribution in [0.25, 0.3) is 0 Å². The van der Waals surface area contributed by atoms with Crippen molar-refractivity contribution in [1.82, 2.24) is 15.2 Å².